The molecule has 0 bridgehead atoms. The van der Waals surface area contributed by atoms with Crippen LogP contribution in [0.15, 0.2) is 30.3 Å². The van der Waals surface area contributed by atoms with Gasteiger partial charge in [0.2, 0.25) is 16.0 Å². The standard InChI is InChI=1S/C27H38FN3O6S/c1-16(2)25-23(12-11-21(32)14-22(33)15-24-36-17(3)13-18(4)37-24)26(19-7-9-20(28)10-8-19)30-27(29-25)31(5)38(6,34)35/h7-12,16-18,21-22,24,32-33H,13-15H2,1-6H3/b12-11+/t17-,18-,21-,22-/m1/s1. The largest absolute Gasteiger partial charge is 0.393 e. The maximum atomic E-state index is 13.7. The van der Waals surface area contributed by atoms with Gasteiger partial charge >= 0.3 is 0 Å². The van der Waals surface area contributed by atoms with E-state index < -0.39 is 34.3 Å². The Hall–Kier alpha value is -2.44. The minimum Gasteiger partial charge on any atom is -0.393 e. The minimum absolute atomic E-state index is 0.0143. The summed E-state index contributed by atoms with van der Waals surface area (Å²) >= 11 is 0. The van der Waals surface area contributed by atoms with Crippen LogP contribution in [0.5, 0.6) is 0 Å². The van der Waals surface area contributed by atoms with Crippen LogP contribution in [0.2, 0.25) is 0 Å². The van der Waals surface area contributed by atoms with E-state index >= 15 is 0 Å². The van der Waals surface area contributed by atoms with Crippen molar-refractivity contribution in [2.45, 2.75) is 83.6 Å². The van der Waals surface area contributed by atoms with Gasteiger partial charge in [-0.25, -0.2) is 27.1 Å². The van der Waals surface area contributed by atoms with E-state index in [0.717, 1.165) is 17.0 Å². The average molecular weight is 552 g/mol. The molecule has 0 saturated carbocycles. The Labute approximate surface area is 224 Å². The highest BCUT2D eigenvalue weighted by molar-refractivity contribution is 7.92. The van der Waals surface area contributed by atoms with Crippen LogP contribution in [-0.2, 0) is 19.5 Å². The molecule has 1 aromatic heterocycles. The van der Waals surface area contributed by atoms with E-state index in [4.69, 9.17) is 9.47 Å². The van der Waals surface area contributed by atoms with Crippen molar-refractivity contribution in [1.29, 1.82) is 0 Å². The second-order valence-electron chi connectivity index (χ2n) is 10.2. The van der Waals surface area contributed by atoms with Gasteiger partial charge in [-0.15, -0.1) is 0 Å². The Kier molecular flexibility index (Phi) is 9.99. The van der Waals surface area contributed by atoms with E-state index in [9.17, 15) is 23.0 Å². The number of anilines is 1. The number of benzene rings is 1. The zero-order chi connectivity index (χ0) is 28.2. The van der Waals surface area contributed by atoms with Crippen molar-refractivity contribution >= 4 is 22.0 Å². The van der Waals surface area contributed by atoms with Gasteiger partial charge < -0.3 is 19.7 Å². The molecular weight excluding hydrogens is 513 g/mol. The molecule has 2 heterocycles. The molecule has 0 radical (unpaired) electrons. The van der Waals surface area contributed by atoms with E-state index in [-0.39, 0.29) is 36.9 Å². The zero-order valence-corrected chi connectivity index (χ0v) is 23.5. The number of hydrogen-bond donors (Lipinski definition) is 2. The van der Waals surface area contributed by atoms with Crippen LogP contribution in [0.3, 0.4) is 0 Å². The lowest BCUT2D eigenvalue weighted by molar-refractivity contribution is -0.243. The molecule has 0 unspecified atom stereocenters. The van der Waals surface area contributed by atoms with Gasteiger partial charge in [0.15, 0.2) is 6.29 Å². The quantitative estimate of drug-likeness (QED) is 0.457. The topological polar surface area (TPSA) is 122 Å². The first-order valence-corrected chi connectivity index (χ1v) is 14.6. The number of nitrogens with zero attached hydrogens (tertiary/aromatic N) is 3. The third kappa shape index (κ3) is 8.03. The van der Waals surface area contributed by atoms with Crippen LogP contribution in [0.1, 0.15) is 64.1 Å². The van der Waals surface area contributed by atoms with Crippen molar-refractivity contribution in [1.82, 2.24) is 9.97 Å². The highest BCUT2D eigenvalue weighted by Crippen LogP contribution is 2.32. The highest BCUT2D eigenvalue weighted by atomic mass is 32.2. The van der Waals surface area contributed by atoms with Crippen molar-refractivity contribution < 1.29 is 32.5 Å². The first-order chi connectivity index (χ1) is 17.7. The van der Waals surface area contributed by atoms with E-state index in [2.05, 4.69) is 9.97 Å². The van der Waals surface area contributed by atoms with E-state index in [0.29, 0.717) is 22.5 Å². The Morgan fingerprint density at radius 1 is 1.13 bits per heavy atom. The van der Waals surface area contributed by atoms with Gasteiger partial charge in [-0.3, -0.25) is 0 Å². The molecule has 1 aliphatic heterocycles. The summed E-state index contributed by atoms with van der Waals surface area (Å²) in [5, 5.41) is 21.2. The highest BCUT2D eigenvalue weighted by Gasteiger charge is 2.27. The maximum absolute atomic E-state index is 13.7. The third-order valence-electron chi connectivity index (χ3n) is 6.30. The fourth-order valence-electron chi connectivity index (χ4n) is 4.32. The average Bonchev–Trinajstić information content (AvgIpc) is 2.80. The van der Waals surface area contributed by atoms with Gasteiger partial charge in [-0.05, 0) is 50.5 Å². The predicted molar refractivity (Wildman–Crippen MR) is 145 cm³/mol. The summed E-state index contributed by atoms with van der Waals surface area (Å²) < 4.78 is 50.5. The number of aliphatic hydroxyl groups excluding tert-OH is 2. The molecule has 1 fully saturated rings. The van der Waals surface area contributed by atoms with Gasteiger partial charge in [-0.2, -0.15) is 0 Å². The summed E-state index contributed by atoms with van der Waals surface area (Å²) in [6, 6.07) is 5.69. The fraction of sp³-hybridized carbons (Fsp3) is 0.556. The molecule has 1 aliphatic rings. The first-order valence-electron chi connectivity index (χ1n) is 12.7. The number of ether oxygens (including phenoxy) is 2. The Bertz CT molecular complexity index is 1210. The molecule has 1 aromatic carbocycles. The molecule has 210 valence electrons. The number of sulfonamides is 1. The Morgan fingerprint density at radius 3 is 2.29 bits per heavy atom. The van der Waals surface area contributed by atoms with Gasteiger partial charge in [0, 0.05) is 31.0 Å². The number of rotatable bonds is 10. The molecule has 0 aliphatic carbocycles. The second kappa shape index (κ2) is 12.6. The monoisotopic (exact) mass is 551 g/mol. The number of aliphatic hydroxyl groups is 2. The molecule has 9 nitrogen and oxygen atoms in total. The number of hydrogen-bond acceptors (Lipinski definition) is 8. The van der Waals surface area contributed by atoms with E-state index in [1.165, 1.54) is 25.3 Å². The molecule has 2 N–H and O–H groups in total. The summed E-state index contributed by atoms with van der Waals surface area (Å²) in [4.78, 5) is 9.03. The third-order valence-corrected chi connectivity index (χ3v) is 7.46. The second-order valence-corrected chi connectivity index (χ2v) is 12.2. The Morgan fingerprint density at radius 2 is 1.74 bits per heavy atom. The normalized spacial score (nSPS) is 22.1. The molecule has 0 spiro atoms. The molecule has 1 saturated heterocycles. The number of halogens is 1. The van der Waals surface area contributed by atoms with Crippen molar-refractivity contribution in [2.24, 2.45) is 0 Å². The molecule has 0 amide bonds. The molecule has 3 rings (SSSR count). The smallest absolute Gasteiger partial charge is 0.239 e. The van der Waals surface area contributed by atoms with Crippen molar-refractivity contribution in [3.8, 4) is 11.3 Å². The van der Waals surface area contributed by atoms with Gasteiger partial charge in [0.25, 0.3) is 0 Å². The predicted octanol–water partition coefficient (Wildman–Crippen LogP) is 3.86. The molecule has 38 heavy (non-hydrogen) atoms. The Balaban J connectivity index is 1.91. The lowest BCUT2D eigenvalue weighted by Crippen LogP contribution is -2.37. The molecule has 11 heteroatoms. The number of aromatic nitrogens is 2. The van der Waals surface area contributed by atoms with Gasteiger partial charge in [-0.1, -0.05) is 26.0 Å². The van der Waals surface area contributed by atoms with Crippen LogP contribution in [-0.4, -0.2) is 72.6 Å². The summed E-state index contributed by atoms with van der Waals surface area (Å²) in [7, 11) is -2.27. The lowest BCUT2D eigenvalue weighted by Gasteiger charge is -2.33. The lowest BCUT2D eigenvalue weighted by atomic mass is 9.97. The fourth-order valence-corrected chi connectivity index (χ4v) is 4.70. The van der Waals surface area contributed by atoms with Crippen LogP contribution in [0, 0.1) is 5.82 Å². The zero-order valence-electron chi connectivity index (χ0n) is 22.7. The van der Waals surface area contributed by atoms with Crippen LogP contribution in [0.25, 0.3) is 17.3 Å². The van der Waals surface area contributed by atoms with Crippen LogP contribution >= 0.6 is 0 Å². The van der Waals surface area contributed by atoms with Crippen LogP contribution < -0.4 is 4.31 Å². The summed E-state index contributed by atoms with van der Waals surface area (Å²) in [6.45, 7) is 7.74. The van der Waals surface area contributed by atoms with Gasteiger partial charge in [0.05, 0.1) is 42.1 Å². The summed E-state index contributed by atoms with van der Waals surface area (Å²) in [6.07, 6.45) is 3.00. The van der Waals surface area contributed by atoms with Crippen molar-refractivity contribution in [2.75, 3.05) is 17.6 Å². The first kappa shape index (κ1) is 30.1. The summed E-state index contributed by atoms with van der Waals surface area (Å²) in [5.41, 5.74) is 2.07. The maximum Gasteiger partial charge on any atom is 0.239 e. The molecular formula is C27H38FN3O6S. The van der Waals surface area contributed by atoms with E-state index in [1.807, 2.05) is 27.7 Å². The van der Waals surface area contributed by atoms with Crippen molar-refractivity contribution in [3.05, 3.63) is 47.4 Å². The van der Waals surface area contributed by atoms with E-state index in [1.54, 1.807) is 18.2 Å². The SMILES string of the molecule is CC(C)c1nc(N(C)S(C)(=O)=O)nc(-c2ccc(F)cc2)c1/C=C/[C@@H](O)C[C@@H](O)CC1O[C@H](C)C[C@@H](C)O1. The van der Waals surface area contributed by atoms with Gasteiger partial charge in [0.1, 0.15) is 5.82 Å². The van der Waals surface area contributed by atoms with Crippen molar-refractivity contribution in [3.63, 3.8) is 0 Å². The summed E-state index contributed by atoms with van der Waals surface area (Å²) in [5.74, 6) is -0.563. The van der Waals surface area contributed by atoms with Crippen LogP contribution in [0.4, 0.5) is 10.3 Å². The minimum atomic E-state index is -3.63. The molecule has 2 aromatic rings. The molecule has 4 atom stereocenters.